The second kappa shape index (κ2) is 9.16. The van der Waals surface area contributed by atoms with Crippen molar-refractivity contribution >= 4 is 44.5 Å². The van der Waals surface area contributed by atoms with E-state index in [1.54, 1.807) is 29.6 Å². The number of carbonyl (C=O) groups excluding carboxylic acids is 2. The molecule has 1 aromatic heterocycles. The molecule has 2 aromatic carbocycles. The summed E-state index contributed by atoms with van der Waals surface area (Å²) in [6.07, 6.45) is 0. The van der Waals surface area contributed by atoms with Crippen LogP contribution in [0.4, 0.5) is 15.8 Å². The number of likely N-dealkylation sites (N-methyl/N-ethyl adjacent to an activating group) is 1. The lowest BCUT2D eigenvalue weighted by Crippen LogP contribution is -2.34. The number of hydrogen-bond acceptors (Lipinski definition) is 5. The molecule has 0 unspecified atom stereocenters. The first-order valence-corrected chi connectivity index (χ1v) is 11.0. The van der Waals surface area contributed by atoms with Crippen molar-refractivity contribution in [1.29, 1.82) is 0 Å². The lowest BCUT2D eigenvalue weighted by molar-refractivity contribution is -0.116. The SMILES string of the molecule is CN(CC(=O)Nc1cccc(C(=O)Nc2cccc(F)c2)c1)S(=O)(=O)c1cccs1. The number of halogens is 1. The number of benzene rings is 2. The zero-order valence-electron chi connectivity index (χ0n) is 15.8. The van der Waals surface area contributed by atoms with Crippen LogP contribution in [0.2, 0.25) is 0 Å². The third kappa shape index (κ3) is 5.29. The quantitative estimate of drug-likeness (QED) is 0.580. The molecule has 3 aromatic rings. The maximum atomic E-state index is 13.3. The van der Waals surface area contributed by atoms with E-state index in [1.807, 2.05) is 0 Å². The molecule has 2 N–H and O–H groups in total. The van der Waals surface area contributed by atoms with E-state index in [2.05, 4.69) is 10.6 Å². The van der Waals surface area contributed by atoms with Gasteiger partial charge < -0.3 is 10.6 Å². The molecular weight excluding hydrogens is 429 g/mol. The second-order valence-electron chi connectivity index (χ2n) is 6.29. The average molecular weight is 448 g/mol. The number of nitrogens with one attached hydrogen (secondary N) is 2. The molecule has 0 fully saturated rings. The number of hydrogen-bond donors (Lipinski definition) is 2. The first-order chi connectivity index (χ1) is 14.3. The lowest BCUT2D eigenvalue weighted by atomic mass is 10.2. The molecule has 2 amide bonds. The van der Waals surface area contributed by atoms with Crippen LogP contribution in [-0.4, -0.2) is 38.1 Å². The molecular formula is C20H18FN3O4S2. The minimum absolute atomic E-state index is 0.147. The van der Waals surface area contributed by atoms with Gasteiger partial charge in [0.2, 0.25) is 5.91 Å². The second-order valence-corrected chi connectivity index (χ2v) is 9.51. The molecule has 10 heteroatoms. The highest BCUT2D eigenvalue weighted by Crippen LogP contribution is 2.20. The summed E-state index contributed by atoms with van der Waals surface area (Å²) in [7, 11) is -2.43. The summed E-state index contributed by atoms with van der Waals surface area (Å²) in [5.41, 5.74) is 0.875. The van der Waals surface area contributed by atoms with Crippen molar-refractivity contribution in [2.45, 2.75) is 4.21 Å². The van der Waals surface area contributed by atoms with Gasteiger partial charge in [0.15, 0.2) is 0 Å². The minimum atomic E-state index is -3.75. The number of rotatable bonds is 7. The van der Waals surface area contributed by atoms with E-state index in [1.165, 1.54) is 43.4 Å². The Morgan fingerprint density at radius 3 is 2.37 bits per heavy atom. The van der Waals surface area contributed by atoms with Gasteiger partial charge in [-0.15, -0.1) is 11.3 Å². The maximum absolute atomic E-state index is 13.3. The molecule has 156 valence electrons. The lowest BCUT2D eigenvalue weighted by Gasteiger charge is -2.16. The van der Waals surface area contributed by atoms with Gasteiger partial charge in [0.25, 0.3) is 15.9 Å². The molecule has 3 rings (SSSR count). The summed E-state index contributed by atoms with van der Waals surface area (Å²) < 4.78 is 39.2. The van der Waals surface area contributed by atoms with Crippen LogP contribution in [0.5, 0.6) is 0 Å². The first-order valence-electron chi connectivity index (χ1n) is 8.72. The van der Waals surface area contributed by atoms with Crippen LogP contribution in [0.15, 0.2) is 70.3 Å². The van der Waals surface area contributed by atoms with Crippen molar-refractivity contribution in [3.05, 3.63) is 77.4 Å². The number of amides is 2. The fourth-order valence-corrected chi connectivity index (χ4v) is 4.89. The van der Waals surface area contributed by atoms with E-state index in [0.717, 1.165) is 15.6 Å². The van der Waals surface area contributed by atoms with E-state index < -0.39 is 27.7 Å². The number of carbonyl (C=O) groups is 2. The van der Waals surface area contributed by atoms with E-state index in [-0.39, 0.29) is 16.3 Å². The molecule has 0 atom stereocenters. The molecule has 30 heavy (non-hydrogen) atoms. The van der Waals surface area contributed by atoms with Crippen molar-refractivity contribution < 1.29 is 22.4 Å². The highest BCUT2D eigenvalue weighted by atomic mass is 32.2. The summed E-state index contributed by atoms with van der Waals surface area (Å²) >= 11 is 1.07. The van der Waals surface area contributed by atoms with Crippen molar-refractivity contribution in [2.24, 2.45) is 0 Å². The van der Waals surface area contributed by atoms with Crippen LogP contribution < -0.4 is 10.6 Å². The summed E-state index contributed by atoms with van der Waals surface area (Å²) in [6.45, 7) is -0.389. The largest absolute Gasteiger partial charge is 0.325 e. The monoisotopic (exact) mass is 447 g/mol. The Kier molecular flexibility index (Phi) is 6.60. The molecule has 7 nitrogen and oxygen atoms in total. The Bertz CT molecular complexity index is 1160. The summed E-state index contributed by atoms with van der Waals surface area (Å²) in [5, 5.41) is 6.79. The van der Waals surface area contributed by atoms with Gasteiger partial charge in [0.05, 0.1) is 6.54 Å². The van der Waals surface area contributed by atoms with Gasteiger partial charge >= 0.3 is 0 Å². The number of sulfonamides is 1. The predicted molar refractivity (Wildman–Crippen MR) is 114 cm³/mol. The molecule has 0 spiro atoms. The van der Waals surface area contributed by atoms with Gasteiger partial charge in [0, 0.05) is 24.0 Å². The Balaban J connectivity index is 1.64. The predicted octanol–water partition coefficient (Wildman–Crippen LogP) is 3.40. The van der Waals surface area contributed by atoms with Gasteiger partial charge in [0.1, 0.15) is 10.0 Å². The van der Waals surface area contributed by atoms with Gasteiger partial charge in [-0.25, -0.2) is 12.8 Å². The van der Waals surface area contributed by atoms with Gasteiger partial charge in [-0.1, -0.05) is 18.2 Å². The number of anilines is 2. The third-order valence-corrected chi connectivity index (χ3v) is 7.19. The van der Waals surface area contributed by atoms with E-state index in [0.29, 0.717) is 11.4 Å². The highest BCUT2D eigenvalue weighted by Gasteiger charge is 2.23. The Morgan fingerprint density at radius 1 is 1.00 bits per heavy atom. The molecule has 0 aliphatic carbocycles. The molecule has 1 heterocycles. The van der Waals surface area contributed by atoms with Crippen LogP contribution in [0.25, 0.3) is 0 Å². The number of thiophene rings is 1. The van der Waals surface area contributed by atoms with E-state index in [4.69, 9.17) is 0 Å². The number of nitrogens with zero attached hydrogens (tertiary/aromatic N) is 1. The zero-order chi connectivity index (χ0) is 21.7. The Morgan fingerprint density at radius 2 is 1.70 bits per heavy atom. The van der Waals surface area contributed by atoms with Crippen LogP contribution in [0, 0.1) is 5.82 Å². The van der Waals surface area contributed by atoms with Crippen LogP contribution in [0.3, 0.4) is 0 Å². The van der Waals surface area contributed by atoms with Gasteiger partial charge in [-0.2, -0.15) is 4.31 Å². The smallest absolute Gasteiger partial charge is 0.255 e. The summed E-state index contributed by atoms with van der Waals surface area (Å²) in [5.74, 6) is -1.51. The molecule has 0 bridgehead atoms. The topological polar surface area (TPSA) is 95.6 Å². The van der Waals surface area contributed by atoms with Gasteiger partial charge in [-0.05, 0) is 47.8 Å². The van der Waals surface area contributed by atoms with Crippen LogP contribution >= 0.6 is 11.3 Å². The molecule has 0 saturated carbocycles. The summed E-state index contributed by atoms with van der Waals surface area (Å²) in [4.78, 5) is 24.7. The van der Waals surface area contributed by atoms with Gasteiger partial charge in [-0.3, -0.25) is 9.59 Å². The zero-order valence-corrected chi connectivity index (χ0v) is 17.5. The molecule has 0 saturated heterocycles. The fourth-order valence-electron chi connectivity index (χ4n) is 2.56. The summed E-state index contributed by atoms with van der Waals surface area (Å²) in [6, 6.07) is 14.7. The highest BCUT2D eigenvalue weighted by molar-refractivity contribution is 7.91. The van der Waals surface area contributed by atoms with E-state index in [9.17, 15) is 22.4 Å². The first kappa shape index (κ1) is 21.6. The fraction of sp³-hybridized carbons (Fsp3) is 0.100. The van der Waals surface area contributed by atoms with Crippen LogP contribution in [0.1, 0.15) is 10.4 Å². The normalized spacial score (nSPS) is 11.3. The van der Waals surface area contributed by atoms with Crippen molar-refractivity contribution in [1.82, 2.24) is 4.31 Å². The van der Waals surface area contributed by atoms with E-state index >= 15 is 0 Å². The average Bonchev–Trinajstić information content (AvgIpc) is 3.23. The van der Waals surface area contributed by atoms with Crippen molar-refractivity contribution in [2.75, 3.05) is 24.2 Å². The van der Waals surface area contributed by atoms with Crippen molar-refractivity contribution in [3.8, 4) is 0 Å². The van der Waals surface area contributed by atoms with Crippen LogP contribution in [-0.2, 0) is 14.8 Å². The molecule has 0 aliphatic heterocycles. The minimum Gasteiger partial charge on any atom is -0.325 e. The molecule has 0 aliphatic rings. The molecule has 0 radical (unpaired) electrons. The standard InChI is InChI=1S/C20H18FN3O4S2/c1-24(30(27,28)19-9-4-10-29-19)13-18(25)22-16-7-2-5-14(11-16)20(26)23-17-8-3-6-15(21)12-17/h2-12H,13H2,1H3,(H,22,25)(H,23,26). The Labute approximate surface area is 177 Å². The third-order valence-electron chi connectivity index (χ3n) is 4.02. The Hall–Kier alpha value is -3.08. The van der Waals surface area contributed by atoms with Crippen molar-refractivity contribution in [3.63, 3.8) is 0 Å². The maximum Gasteiger partial charge on any atom is 0.255 e.